The summed E-state index contributed by atoms with van der Waals surface area (Å²) in [5.41, 5.74) is 2.23. The highest BCUT2D eigenvalue weighted by atomic mass is 32.1. The predicted octanol–water partition coefficient (Wildman–Crippen LogP) is 4.02. The first-order valence-electron chi connectivity index (χ1n) is 6.65. The molecule has 0 bridgehead atoms. The molecule has 0 atom stereocenters. The second kappa shape index (κ2) is 4.92. The molecule has 0 amide bonds. The van der Waals surface area contributed by atoms with Crippen LogP contribution < -0.4 is 10.1 Å². The van der Waals surface area contributed by atoms with E-state index in [9.17, 15) is 9.18 Å². The standard InChI is InChI=1S/C16H10FN3OS/c17-10-6-2-4-8-12(10)19-16-20-13-9-5-1-3-7-11(9)18-14(13)15(21)22-16/h1-8,18H,(H,19,20). The summed E-state index contributed by atoms with van der Waals surface area (Å²) in [6.07, 6.45) is 0. The summed E-state index contributed by atoms with van der Waals surface area (Å²) in [5.74, 6) is -0.386. The van der Waals surface area contributed by atoms with Gasteiger partial charge in [0.15, 0.2) is 5.13 Å². The number of benzene rings is 2. The highest BCUT2D eigenvalue weighted by Crippen LogP contribution is 2.26. The van der Waals surface area contributed by atoms with Crippen molar-refractivity contribution in [3.8, 4) is 0 Å². The lowest BCUT2D eigenvalue weighted by molar-refractivity contribution is 0.632. The fourth-order valence-corrected chi connectivity index (χ4v) is 3.11. The van der Waals surface area contributed by atoms with Crippen molar-refractivity contribution >= 4 is 44.1 Å². The molecule has 0 aliphatic rings. The van der Waals surface area contributed by atoms with Gasteiger partial charge in [0.25, 0.3) is 4.74 Å². The first-order chi connectivity index (χ1) is 10.7. The van der Waals surface area contributed by atoms with E-state index in [1.807, 2.05) is 24.3 Å². The Bertz CT molecular complexity index is 1050. The molecule has 6 heteroatoms. The number of aromatic amines is 1. The van der Waals surface area contributed by atoms with Crippen LogP contribution in [0, 0.1) is 5.82 Å². The summed E-state index contributed by atoms with van der Waals surface area (Å²) in [4.78, 5) is 19.8. The molecule has 4 rings (SSSR count). The van der Waals surface area contributed by atoms with Crippen LogP contribution in [0.5, 0.6) is 0 Å². The molecule has 0 saturated carbocycles. The third-order valence-corrected chi connectivity index (χ3v) is 4.18. The van der Waals surface area contributed by atoms with E-state index in [2.05, 4.69) is 15.3 Å². The zero-order valence-electron chi connectivity index (χ0n) is 11.3. The van der Waals surface area contributed by atoms with Crippen LogP contribution in [0.1, 0.15) is 0 Å². The summed E-state index contributed by atoms with van der Waals surface area (Å²) in [7, 11) is 0. The maximum atomic E-state index is 13.7. The van der Waals surface area contributed by atoms with Crippen molar-refractivity contribution in [2.75, 3.05) is 5.32 Å². The van der Waals surface area contributed by atoms with Crippen molar-refractivity contribution < 1.29 is 4.39 Å². The molecule has 0 spiro atoms. The molecule has 2 aromatic heterocycles. The quantitative estimate of drug-likeness (QED) is 0.588. The molecule has 2 aromatic carbocycles. The average molecular weight is 311 g/mol. The highest BCUT2D eigenvalue weighted by Gasteiger charge is 2.11. The molecular weight excluding hydrogens is 301 g/mol. The summed E-state index contributed by atoms with van der Waals surface area (Å²) in [5, 5.41) is 4.12. The Kier molecular flexibility index (Phi) is 2.90. The molecule has 0 fully saturated rings. The fraction of sp³-hybridized carbons (Fsp3) is 0. The third kappa shape index (κ3) is 2.05. The molecule has 4 nitrogen and oxygen atoms in total. The Morgan fingerprint density at radius 2 is 1.86 bits per heavy atom. The lowest BCUT2D eigenvalue weighted by Crippen LogP contribution is -2.01. The van der Waals surface area contributed by atoms with Gasteiger partial charge in [0.2, 0.25) is 0 Å². The summed E-state index contributed by atoms with van der Waals surface area (Å²) >= 11 is 0.950. The molecule has 22 heavy (non-hydrogen) atoms. The average Bonchev–Trinajstić information content (AvgIpc) is 2.89. The first-order valence-corrected chi connectivity index (χ1v) is 7.47. The minimum Gasteiger partial charge on any atom is -0.349 e. The van der Waals surface area contributed by atoms with E-state index >= 15 is 0 Å². The Morgan fingerprint density at radius 1 is 1.09 bits per heavy atom. The maximum Gasteiger partial charge on any atom is 0.261 e. The van der Waals surface area contributed by atoms with Crippen LogP contribution in [0.15, 0.2) is 53.3 Å². The Hall–Kier alpha value is -2.73. The zero-order valence-corrected chi connectivity index (χ0v) is 12.1. The van der Waals surface area contributed by atoms with Gasteiger partial charge in [-0.1, -0.05) is 41.7 Å². The normalized spacial score (nSPS) is 11.1. The number of nitrogens with zero attached hydrogens (tertiary/aromatic N) is 1. The Labute approximate surface area is 128 Å². The molecule has 2 N–H and O–H groups in total. The number of anilines is 2. The first kappa shape index (κ1) is 13.0. The SMILES string of the molecule is O=c1sc(Nc2ccccc2F)nc2c1[nH]c1ccccc12. The number of para-hydroxylation sites is 2. The monoisotopic (exact) mass is 311 g/mol. The van der Waals surface area contributed by atoms with Gasteiger partial charge < -0.3 is 10.3 Å². The highest BCUT2D eigenvalue weighted by molar-refractivity contribution is 7.13. The number of hydrogen-bond acceptors (Lipinski definition) is 4. The van der Waals surface area contributed by atoms with Crippen LogP contribution in [0.2, 0.25) is 0 Å². The number of nitrogens with one attached hydrogen (secondary N) is 2. The number of fused-ring (bicyclic) bond motifs is 3. The van der Waals surface area contributed by atoms with E-state index in [1.54, 1.807) is 18.2 Å². The van der Waals surface area contributed by atoms with Gasteiger partial charge in [-0.3, -0.25) is 4.79 Å². The lowest BCUT2D eigenvalue weighted by atomic mass is 10.2. The second-order valence-corrected chi connectivity index (χ2v) is 5.77. The van der Waals surface area contributed by atoms with Crippen molar-refractivity contribution in [2.24, 2.45) is 0 Å². The smallest absolute Gasteiger partial charge is 0.261 e. The van der Waals surface area contributed by atoms with Crippen molar-refractivity contribution in [3.05, 3.63) is 63.9 Å². The topological polar surface area (TPSA) is 57.8 Å². The minimum absolute atomic E-state index is 0.139. The third-order valence-electron chi connectivity index (χ3n) is 3.40. The molecule has 108 valence electrons. The van der Waals surface area contributed by atoms with Crippen molar-refractivity contribution in [1.82, 2.24) is 9.97 Å². The van der Waals surface area contributed by atoms with Gasteiger partial charge in [0.05, 0.1) is 5.69 Å². The lowest BCUT2D eigenvalue weighted by Gasteiger charge is -2.05. The van der Waals surface area contributed by atoms with Crippen LogP contribution >= 0.6 is 11.3 Å². The molecule has 0 radical (unpaired) electrons. The molecule has 0 aliphatic heterocycles. The molecule has 4 aromatic rings. The van der Waals surface area contributed by atoms with Crippen LogP contribution in [0.3, 0.4) is 0 Å². The van der Waals surface area contributed by atoms with Crippen LogP contribution in [-0.2, 0) is 0 Å². The molecule has 0 unspecified atom stereocenters. The summed E-state index contributed by atoms with van der Waals surface area (Å²) in [6.45, 7) is 0. The van der Waals surface area contributed by atoms with Crippen molar-refractivity contribution in [3.63, 3.8) is 0 Å². The molecule has 0 saturated heterocycles. The van der Waals surface area contributed by atoms with Gasteiger partial charge >= 0.3 is 0 Å². The van der Waals surface area contributed by atoms with E-state index in [-0.39, 0.29) is 10.6 Å². The largest absolute Gasteiger partial charge is 0.349 e. The summed E-state index contributed by atoms with van der Waals surface area (Å²) < 4.78 is 13.6. The number of rotatable bonds is 2. The summed E-state index contributed by atoms with van der Waals surface area (Å²) in [6, 6.07) is 13.9. The van der Waals surface area contributed by atoms with Gasteiger partial charge in [0, 0.05) is 10.9 Å². The molecule has 0 aliphatic carbocycles. The minimum atomic E-state index is -0.386. The maximum absolute atomic E-state index is 13.7. The van der Waals surface area contributed by atoms with Gasteiger partial charge in [0.1, 0.15) is 16.9 Å². The van der Waals surface area contributed by atoms with E-state index in [0.29, 0.717) is 21.9 Å². The van der Waals surface area contributed by atoms with E-state index in [0.717, 1.165) is 22.2 Å². The number of halogens is 1. The number of hydrogen-bond donors (Lipinski definition) is 2. The van der Waals surface area contributed by atoms with E-state index < -0.39 is 0 Å². The van der Waals surface area contributed by atoms with E-state index in [1.165, 1.54) is 6.07 Å². The molecule has 2 heterocycles. The number of aromatic nitrogens is 2. The van der Waals surface area contributed by atoms with Gasteiger partial charge in [-0.15, -0.1) is 0 Å². The molecular formula is C16H10FN3OS. The van der Waals surface area contributed by atoms with Crippen LogP contribution in [0.4, 0.5) is 15.2 Å². The van der Waals surface area contributed by atoms with Crippen molar-refractivity contribution in [1.29, 1.82) is 0 Å². The van der Waals surface area contributed by atoms with Crippen LogP contribution in [0.25, 0.3) is 21.9 Å². The Balaban J connectivity index is 1.91. The predicted molar refractivity (Wildman–Crippen MR) is 87.4 cm³/mol. The van der Waals surface area contributed by atoms with Gasteiger partial charge in [-0.25, -0.2) is 9.37 Å². The van der Waals surface area contributed by atoms with E-state index in [4.69, 9.17) is 0 Å². The Morgan fingerprint density at radius 3 is 2.73 bits per heavy atom. The zero-order chi connectivity index (χ0) is 15.1. The fourth-order valence-electron chi connectivity index (χ4n) is 2.39. The van der Waals surface area contributed by atoms with Gasteiger partial charge in [-0.2, -0.15) is 0 Å². The second-order valence-electron chi connectivity index (χ2n) is 4.81. The van der Waals surface area contributed by atoms with Gasteiger partial charge in [-0.05, 0) is 18.2 Å². The van der Waals surface area contributed by atoms with Crippen molar-refractivity contribution in [2.45, 2.75) is 0 Å². The number of H-pyrrole nitrogens is 1. The van der Waals surface area contributed by atoms with Crippen LogP contribution in [-0.4, -0.2) is 9.97 Å².